The fraction of sp³-hybridized carbons (Fsp3) is 0.462. The molecule has 0 bridgehead atoms. The molecule has 3 rings (SSSR count). The summed E-state index contributed by atoms with van der Waals surface area (Å²) in [5.74, 6) is 0.998. The summed E-state index contributed by atoms with van der Waals surface area (Å²) in [4.78, 5) is 0. The van der Waals surface area contributed by atoms with Crippen molar-refractivity contribution in [3.8, 4) is 5.75 Å². The highest BCUT2D eigenvalue weighted by atomic mass is 16.5. The van der Waals surface area contributed by atoms with Gasteiger partial charge in [0, 0.05) is 31.1 Å². The zero-order valence-electron chi connectivity index (χ0n) is 10.2. The molecule has 0 unspecified atom stereocenters. The van der Waals surface area contributed by atoms with Gasteiger partial charge in [-0.1, -0.05) is 6.92 Å². The lowest BCUT2D eigenvalue weighted by atomic mass is 10.1. The molecule has 1 aromatic carbocycles. The van der Waals surface area contributed by atoms with Gasteiger partial charge in [-0.2, -0.15) is 5.10 Å². The SMILES string of the molecule is CC[C@@H]1CNCc2c(ccc3cnn(C)c23)O1. The average molecular weight is 231 g/mol. The molecular weight excluding hydrogens is 214 g/mol. The maximum Gasteiger partial charge on any atom is 0.126 e. The van der Waals surface area contributed by atoms with Crippen molar-refractivity contribution in [3.05, 3.63) is 23.9 Å². The summed E-state index contributed by atoms with van der Waals surface area (Å²) in [5.41, 5.74) is 2.39. The number of aromatic nitrogens is 2. The van der Waals surface area contributed by atoms with E-state index in [4.69, 9.17) is 4.74 Å². The van der Waals surface area contributed by atoms with E-state index in [-0.39, 0.29) is 6.10 Å². The minimum atomic E-state index is 0.266. The van der Waals surface area contributed by atoms with E-state index in [2.05, 4.69) is 29.5 Å². The molecular formula is C13H17N3O. The zero-order chi connectivity index (χ0) is 11.8. The Labute approximate surface area is 101 Å². The van der Waals surface area contributed by atoms with Crippen LogP contribution >= 0.6 is 0 Å². The number of benzene rings is 1. The molecule has 2 aromatic rings. The lowest BCUT2D eigenvalue weighted by Crippen LogP contribution is -2.27. The first kappa shape index (κ1) is 10.6. The highest BCUT2D eigenvalue weighted by Crippen LogP contribution is 2.30. The van der Waals surface area contributed by atoms with Crippen molar-refractivity contribution >= 4 is 10.9 Å². The number of rotatable bonds is 1. The molecule has 0 fully saturated rings. The van der Waals surface area contributed by atoms with Crippen molar-refractivity contribution in [2.75, 3.05) is 6.54 Å². The zero-order valence-corrected chi connectivity index (χ0v) is 10.2. The third-order valence-electron chi connectivity index (χ3n) is 3.39. The van der Waals surface area contributed by atoms with Crippen LogP contribution in [0.2, 0.25) is 0 Å². The Bertz CT molecular complexity index is 547. The summed E-state index contributed by atoms with van der Waals surface area (Å²) in [6, 6.07) is 4.15. The second kappa shape index (κ2) is 4.04. The van der Waals surface area contributed by atoms with Crippen LogP contribution in [0.4, 0.5) is 0 Å². The Morgan fingerprint density at radius 2 is 2.41 bits per heavy atom. The number of aryl methyl sites for hydroxylation is 1. The van der Waals surface area contributed by atoms with Crippen molar-refractivity contribution in [2.24, 2.45) is 7.05 Å². The van der Waals surface area contributed by atoms with E-state index in [9.17, 15) is 0 Å². The summed E-state index contributed by atoms with van der Waals surface area (Å²) in [7, 11) is 1.98. The summed E-state index contributed by atoms with van der Waals surface area (Å²) in [6.07, 6.45) is 3.19. The molecule has 90 valence electrons. The quantitative estimate of drug-likeness (QED) is 0.814. The maximum absolute atomic E-state index is 6.03. The average Bonchev–Trinajstić information content (AvgIpc) is 2.61. The van der Waals surface area contributed by atoms with E-state index in [0.29, 0.717) is 0 Å². The Hall–Kier alpha value is -1.55. The second-order valence-electron chi connectivity index (χ2n) is 4.53. The molecule has 4 heteroatoms. The molecule has 1 N–H and O–H groups in total. The van der Waals surface area contributed by atoms with Crippen molar-refractivity contribution in [1.29, 1.82) is 0 Å². The van der Waals surface area contributed by atoms with Gasteiger partial charge in [0.2, 0.25) is 0 Å². The van der Waals surface area contributed by atoms with Gasteiger partial charge in [-0.15, -0.1) is 0 Å². The van der Waals surface area contributed by atoms with Gasteiger partial charge < -0.3 is 10.1 Å². The van der Waals surface area contributed by atoms with E-state index >= 15 is 0 Å². The Morgan fingerprint density at radius 3 is 3.24 bits per heavy atom. The van der Waals surface area contributed by atoms with Gasteiger partial charge in [0.05, 0.1) is 11.7 Å². The predicted octanol–water partition coefficient (Wildman–Crippen LogP) is 1.83. The molecule has 0 saturated carbocycles. The first-order valence-electron chi connectivity index (χ1n) is 6.10. The standard InChI is InChI=1S/C13H17N3O/c1-3-10-7-14-8-11-12(17-10)5-4-9-6-15-16(2)13(9)11/h4-6,10,14H,3,7-8H2,1-2H3/t10-/m1/s1. The normalized spacial score (nSPS) is 19.8. The summed E-state index contributed by atoms with van der Waals surface area (Å²) in [6.45, 7) is 3.91. The van der Waals surface area contributed by atoms with Gasteiger partial charge in [-0.25, -0.2) is 0 Å². The highest BCUT2D eigenvalue weighted by molar-refractivity contribution is 5.84. The minimum absolute atomic E-state index is 0.266. The largest absolute Gasteiger partial charge is 0.489 e. The third-order valence-corrected chi connectivity index (χ3v) is 3.39. The minimum Gasteiger partial charge on any atom is -0.489 e. The predicted molar refractivity (Wildman–Crippen MR) is 67.1 cm³/mol. The number of fused-ring (bicyclic) bond motifs is 3. The Kier molecular flexibility index (Phi) is 2.52. The summed E-state index contributed by atoms with van der Waals surface area (Å²) < 4.78 is 7.96. The molecule has 2 heterocycles. The molecule has 0 saturated heterocycles. The van der Waals surface area contributed by atoms with Crippen LogP contribution in [0.25, 0.3) is 10.9 Å². The number of hydrogen-bond donors (Lipinski definition) is 1. The maximum atomic E-state index is 6.03. The topological polar surface area (TPSA) is 39.1 Å². The van der Waals surface area contributed by atoms with Gasteiger partial charge in [0.25, 0.3) is 0 Å². The van der Waals surface area contributed by atoms with Gasteiger partial charge in [-0.3, -0.25) is 4.68 Å². The van der Waals surface area contributed by atoms with E-state index in [1.165, 1.54) is 16.5 Å². The first-order valence-corrected chi connectivity index (χ1v) is 6.10. The highest BCUT2D eigenvalue weighted by Gasteiger charge is 2.19. The van der Waals surface area contributed by atoms with Gasteiger partial charge in [0.15, 0.2) is 0 Å². The van der Waals surface area contributed by atoms with Gasteiger partial charge in [0.1, 0.15) is 11.9 Å². The van der Waals surface area contributed by atoms with Crippen LogP contribution in [0.5, 0.6) is 5.75 Å². The Morgan fingerprint density at radius 1 is 1.53 bits per heavy atom. The van der Waals surface area contributed by atoms with Crippen molar-refractivity contribution in [1.82, 2.24) is 15.1 Å². The Balaban J connectivity index is 2.16. The number of nitrogens with one attached hydrogen (secondary N) is 1. The smallest absolute Gasteiger partial charge is 0.126 e. The van der Waals surface area contributed by atoms with E-state index in [0.717, 1.165) is 25.3 Å². The van der Waals surface area contributed by atoms with Crippen LogP contribution in [0.15, 0.2) is 18.3 Å². The fourth-order valence-electron chi connectivity index (χ4n) is 2.42. The van der Waals surface area contributed by atoms with E-state index in [1.807, 2.05) is 17.9 Å². The number of nitrogens with zero attached hydrogens (tertiary/aromatic N) is 2. The van der Waals surface area contributed by atoms with E-state index < -0.39 is 0 Å². The molecule has 1 aliphatic heterocycles. The van der Waals surface area contributed by atoms with Crippen LogP contribution in [0.1, 0.15) is 18.9 Å². The molecule has 17 heavy (non-hydrogen) atoms. The van der Waals surface area contributed by atoms with Crippen LogP contribution in [-0.2, 0) is 13.6 Å². The molecule has 1 atom stereocenters. The monoisotopic (exact) mass is 231 g/mol. The number of hydrogen-bond acceptors (Lipinski definition) is 3. The van der Waals surface area contributed by atoms with E-state index in [1.54, 1.807) is 0 Å². The van der Waals surface area contributed by atoms with Crippen molar-refractivity contribution in [2.45, 2.75) is 26.0 Å². The molecule has 0 aliphatic carbocycles. The second-order valence-corrected chi connectivity index (χ2v) is 4.53. The molecule has 1 aliphatic rings. The summed E-state index contributed by atoms with van der Waals surface area (Å²) in [5, 5.41) is 8.93. The van der Waals surface area contributed by atoms with Crippen molar-refractivity contribution in [3.63, 3.8) is 0 Å². The molecule has 0 spiro atoms. The fourth-order valence-corrected chi connectivity index (χ4v) is 2.42. The van der Waals surface area contributed by atoms with Crippen LogP contribution < -0.4 is 10.1 Å². The van der Waals surface area contributed by atoms with Crippen molar-refractivity contribution < 1.29 is 4.74 Å². The molecule has 4 nitrogen and oxygen atoms in total. The first-order chi connectivity index (χ1) is 8.29. The number of ether oxygens (including phenoxy) is 1. The summed E-state index contributed by atoms with van der Waals surface area (Å²) >= 11 is 0. The third kappa shape index (κ3) is 1.69. The van der Waals surface area contributed by atoms with Gasteiger partial charge >= 0.3 is 0 Å². The lowest BCUT2D eigenvalue weighted by Gasteiger charge is -2.15. The molecule has 1 aromatic heterocycles. The van der Waals surface area contributed by atoms with Crippen LogP contribution in [0, 0.1) is 0 Å². The molecule has 0 radical (unpaired) electrons. The van der Waals surface area contributed by atoms with Gasteiger partial charge in [-0.05, 0) is 18.6 Å². The molecule has 0 amide bonds. The lowest BCUT2D eigenvalue weighted by molar-refractivity contribution is 0.202. The van der Waals surface area contributed by atoms with Crippen LogP contribution in [0.3, 0.4) is 0 Å². The van der Waals surface area contributed by atoms with Crippen LogP contribution in [-0.4, -0.2) is 22.4 Å².